The van der Waals surface area contributed by atoms with Gasteiger partial charge in [-0.2, -0.15) is 10.2 Å². The molecule has 0 saturated heterocycles. The molecule has 0 fully saturated rings. The van der Waals surface area contributed by atoms with Gasteiger partial charge >= 0.3 is 0 Å². The van der Waals surface area contributed by atoms with Gasteiger partial charge in [-0.25, -0.2) is 8.78 Å². The maximum atomic E-state index is 13.0. The molecule has 5 heteroatoms. The molecule has 0 amide bonds. The summed E-state index contributed by atoms with van der Waals surface area (Å²) in [5.41, 5.74) is 7.07. The first-order chi connectivity index (χ1) is 7.68. The van der Waals surface area contributed by atoms with E-state index in [2.05, 4.69) is 10.2 Å². The van der Waals surface area contributed by atoms with Crippen molar-refractivity contribution in [2.45, 2.75) is 6.04 Å². The van der Waals surface area contributed by atoms with Crippen molar-refractivity contribution in [2.24, 2.45) is 5.73 Å². The lowest BCUT2D eigenvalue weighted by atomic mass is 10.0. The van der Waals surface area contributed by atoms with Gasteiger partial charge in [0.1, 0.15) is 0 Å². The minimum Gasteiger partial charge on any atom is -0.320 e. The van der Waals surface area contributed by atoms with Crippen molar-refractivity contribution in [3.8, 4) is 0 Å². The van der Waals surface area contributed by atoms with Crippen LogP contribution in [0.4, 0.5) is 8.78 Å². The molecule has 1 heterocycles. The highest BCUT2D eigenvalue weighted by molar-refractivity contribution is 5.29. The van der Waals surface area contributed by atoms with Crippen LogP contribution in [0.2, 0.25) is 0 Å². The molecular formula is C11H9F2N3. The van der Waals surface area contributed by atoms with Crippen LogP contribution in [0.3, 0.4) is 0 Å². The van der Waals surface area contributed by atoms with Gasteiger partial charge in [-0.3, -0.25) is 0 Å². The second-order valence-electron chi connectivity index (χ2n) is 3.33. The Morgan fingerprint density at radius 1 is 1.00 bits per heavy atom. The van der Waals surface area contributed by atoms with E-state index in [0.717, 1.165) is 12.1 Å². The molecule has 0 aliphatic rings. The summed E-state index contributed by atoms with van der Waals surface area (Å²) in [6, 6.07) is 4.73. The van der Waals surface area contributed by atoms with Gasteiger partial charge in [-0.05, 0) is 29.3 Å². The van der Waals surface area contributed by atoms with E-state index in [1.54, 1.807) is 6.07 Å². The lowest BCUT2D eigenvalue weighted by molar-refractivity contribution is 0.506. The molecule has 2 N–H and O–H groups in total. The lowest BCUT2D eigenvalue weighted by Gasteiger charge is -2.11. The number of hydrogen-bond donors (Lipinski definition) is 1. The fraction of sp³-hybridized carbons (Fsp3) is 0.0909. The molecule has 82 valence electrons. The van der Waals surface area contributed by atoms with Gasteiger partial charge in [0.15, 0.2) is 11.6 Å². The average Bonchev–Trinajstić information content (AvgIpc) is 2.33. The van der Waals surface area contributed by atoms with E-state index in [9.17, 15) is 8.78 Å². The molecule has 16 heavy (non-hydrogen) atoms. The first-order valence-corrected chi connectivity index (χ1v) is 4.65. The molecule has 1 aromatic heterocycles. The second-order valence-corrected chi connectivity index (χ2v) is 3.33. The molecule has 0 aliphatic carbocycles. The summed E-state index contributed by atoms with van der Waals surface area (Å²) in [7, 11) is 0. The highest BCUT2D eigenvalue weighted by Gasteiger charge is 2.11. The molecular weight excluding hydrogens is 212 g/mol. The highest BCUT2D eigenvalue weighted by Crippen LogP contribution is 2.20. The van der Waals surface area contributed by atoms with E-state index in [1.165, 1.54) is 18.5 Å². The predicted octanol–water partition coefficient (Wildman–Crippen LogP) is 1.80. The maximum absolute atomic E-state index is 13.0. The van der Waals surface area contributed by atoms with Crippen molar-refractivity contribution >= 4 is 0 Å². The van der Waals surface area contributed by atoms with Crippen molar-refractivity contribution in [1.29, 1.82) is 0 Å². The smallest absolute Gasteiger partial charge is 0.159 e. The van der Waals surface area contributed by atoms with E-state index >= 15 is 0 Å². The van der Waals surface area contributed by atoms with Crippen LogP contribution in [-0.2, 0) is 0 Å². The van der Waals surface area contributed by atoms with Crippen molar-refractivity contribution in [1.82, 2.24) is 10.2 Å². The molecule has 1 atom stereocenters. The molecule has 0 bridgehead atoms. The molecule has 0 saturated carbocycles. The third kappa shape index (κ3) is 2.04. The van der Waals surface area contributed by atoms with Crippen LogP contribution in [0, 0.1) is 11.6 Å². The zero-order chi connectivity index (χ0) is 11.5. The number of rotatable bonds is 2. The normalized spacial score (nSPS) is 12.4. The summed E-state index contributed by atoms with van der Waals surface area (Å²) in [4.78, 5) is 0. The van der Waals surface area contributed by atoms with E-state index in [1.807, 2.05) is 0 Å². The minimum absolute atomic E-state index is 0.493. The monoisotopic (exact) mass is 221 g/mol. The Labute approximate surface area is 90.9 Å². The topological polar surface area (TPSA) is 51.8 Å². The Balaban J connectivity index is 2.34. The van der Waals surface area contributed by atoms with Crippen LogP contribution in [0.1, 0.15) is 17.2 Å². The summed E-state index contributed by atoms with van der Waals surface area (Å²) in [5.74, 6) is -1.79. The zero-order valence-electron chi connectivity index (χ0n) is 8.27. The predicted molar refractivity (Wildman–Crippen MR) is 54.4 cm³/mol. The Kier molecular flexibility index (Phi) is 2.87. The molecule has 3 nitrogen and oxygen atoms in total. The summed E-state index contributed by atoms with van der Waals surface area (Å²) >= 11 is 0. The average molecular weight is 221 g/mol. The summed E-state index contributed by atoms with van der Waals surface area (Å²) in [6.07, 6.45) is 2.99. The van der Waals surface area contributed by atoms with Gasteiger partial charge in [-0.15, -0.1) is 0 Å². The number of aromatic nitrogens is 2. The van der Waals surface area contributed by atoms with Crippen molar-refractivity contribution in [3.63, 3.8) is 0 Å². The minimum atomic E-state index is -0.907. The van der Waals surface area contributed by atoms with Crippen molar-refractivity contribution in [3.05, 3.63) is 59.4 Å². The Hall–Kier alpha value is -1.88. The number of benzene rings is 1. The van der Waals surface area contributed by atoms with Gasteiger partial charge in [-0.1, -0.05) is 6.07 Å². The number of halogens is 2. The van der Waals surface area contributed by atoms with Crippen molar-refractivity contribution in [2.75, 3.05) is 0 Å². The van der Waals surface area contributed by atoms with Gasteiger partial charge < -0.3 is 5.73 Å². The molecule has 1 unspecified atom stereocenters. The molecule has 2 aromatic rings. The van der Waals surface area contributed by atoms with Crippen molar-refractivity contribution < 1.29 is 8.78 Å². The first kappa shape index (κ1) is 10.6. The van der Waals surface area contributed by atoms with Crippen LogP contribution in [0.25, 0.3) is 0 Å². The Morgan fingerprint density at radius 3 is 2.44 bits per heavy atom. The van der Waals surface area contributed by atoms with Gasteiger partial charge in [0.25, 0.3) is 0 Å². The van der Waals surface area contributed by atoms with E-state index in [-0.39, 0.29) is 0 Å². The maximum Gasteiger partial charge on any atom is 0.159 e. The molecule has 0 spiro atoms. The molecule has 2 rings (SSSR count). The van der Waals surface area contributed by atoms with Crippen LogP contribution >= 0.6 is 0 Å². The SMILES string of the molecule is NC(c1ccnnc1)c1ccc(F)c(F)c1. The van der Waals surface area contributed by atoms with Gasteiger partial charge in [0, 0.05) is 6.20 Å². The van der Waals surface area contributed by atoms with E-state index < -0.39 is 17.7 Å². The fourth-order valence-corrected chi connectivity index (χ4v) is 1.38. The summed E-state index contributed by atoms with van der Waals surface area (Å²) in [5, 5.41) is 7.29. The summed E-state index contributed by atoms with van der Waals surface area (Å²) in [6.45, 7) is 0. The van der Waals surface area contributed by atoms with Crippen LogP contribution in [-0.4, -0.2) is 10.2 Å². The fourth-order valence-electron chi connectivity index (χ4n) is 1.38. The Morgan fingerprint density at radius 2 is 1.81 bits per heavy atom. The lowest BCUT2D eigenvalue weighted by Crippen LogP contribution is -2.12. The third-order valence-corrected chi connectivity index (χ3v) is 2.27. The van der Waals surface area contributed by atoms with Crippen LogP contribution < -0.4 is 5.73 Å². The Bertz CT molecular complexity index is 488. The quantitative estimate of drug-likeness (QED) is 0.841. The van der Waals surface area contributed by atoms with Crippen LogP contribution in [0.5, 0.6) is 0 Å². The molecule has 1 aromatic carbocycles. The number of hydrogen-bond acceptors (Lipinski definition) is 3. The highest BCUT2D eigenvalue weighted by atomic mass is 19.2. The molecule has 0 aliphatic heterocycles. The van der Waals surface area contributed by atoms with Gasteiger partial charge in [0.2, 0.25) is 0 Å². The van der Waals surface area contributed by atoms with E-state index in [4.69, 9.17) is 5.73 Å². The number of nitrogens with zero attached hydrogens (tertiary/aromatic N) is 2. The van der Waals surface area contributed by atoms with Gasteiger partial charge in [0.05, 0.1) is 12.2 Å². The second kappa shape index (κ2) is 4.32. The third-order valence-electron chi connectivity index (χ3n) is 2.27. The largest absolute Gasteiger partial charge is 0.320 e. The van der Waals surface area contributed by atoms with E-state index in [0.29, 0.717) is 11.1 Å². The zero-order valence-corrected chi connectivity index (χ0v) is 8.27. The summed E-state index contributed by atoms with van der Waals surface area (Å²) < 4.78 is 25.7. The first-order valence-electron chi connectivity index (χ1n) is 4.65. The standard InChI is InChI=1S/C11H9F2N3/c12-9-2-1-7(5-10(9)13)11(14)8-3-4-15-16-6-8/h1-6,11H,14H2. The van der Waals surface area contributed by atoms with Crippen LogP contribution in [0.15, 0.2) is 36.7 Å². The number of nitrogens with two attached hydrogens (primary N) is 1. The molecule has 0 radical (unpaired) electrons.